The molecular formula is C19H34O4. The number of hydrogen-bond acceptors (Lipinski definition) is 3. The first-order chi connectivity index (χ1) is 11.1. The van der Waals surface area contributed by atoms with E-state index in [9.17, 15) is 9.59 Å². The van der Waals surface area contributed by atoms with Crippen molar-refractivity contribution in [3.05, 3.63) is 11.6 Å². The van der Waals surface area contributed by atoms with Crippen LogP contribution in [0.1, 0.15) is 90.9 Å². The maximum atomic E-state index is 11.6. The molecule has 134 valence electrons. The number of carbonyl (C=O) groups is 2. The lowest BCUT2D eigenvalue weighted by molar-refractivity contribution is -0.139. The van der Waals surface area contributed by atoms with E-state index in [2.05, 4.69) is 6.92 Å². The summed E-state index contributed by atoms with van der Waals surface area (Å²) in [6.07, 6.45) is 14.1. The van der Waals surface area contributed by atoms with E-state index in [1.54, 1.807) is 0 Å². The third-order valence-corrected chi connectivity index (χ3v) is 3.86. The summed E-state index contributed by atoms with van der Waals surface area (Å²) in [6.45, 7) is 4.59. The lowest BCUT2D eigenvalue weighted by Crippen LogP contribution is -2.08. The normalized spacial score (nSPS) is 11.5. The van der Waals surface area contributed by atoms with Gasteiger partial charge >= 0.3 is 11.9 Å². The van der Waals surface area contributed by atoms with Gasteiger partial charge in [0, 0.05) is 11.6 Å². The molecule has 4 heteroatoms. The summed E-state index contributed by atoms with van der Waals surface area (Å²) in [4.78, 5) is 22.6. The van der Waals surface area contributed by atoms with Crippen molar-refractivity contribution in [1.82, 2.24) is 0 Å². The first-order valence-corrected chi connectivity index (χ1v) is 9.22. The van der Waals surface area contributed by atoms with Crippen LogP contribution in [0.15, 0.2) is 11.6 Å². The minimum Gasteiger partial charge on any atom is -0.478 e. The van der Waals surface area contributed by atoms with E-state index in [1.807, 2.05) is 6.92 Å². The quantitative estimate of drug-likeness (QED) is 0.253. The van der Waals surface area contributed by atoms with Crippen LogP contribution in [-0.2, 0) is 14.3 Å². The highest BCUT2D eigenvalue weighted by Crippen LogP contribution is 2.10. The molecule has 0 aliphatic heterocycles. The van der Waals surface area contributed by atoms with Crippen molar-refractivity contribution in [2.75, 3.05) is 6.61 Å². The van der Waals surface area contributed by atoms with Gasteiger partial charge in [-0.3, -0.25) is 0 Å². The number of carbonyl (C=O) groups excluding carboxylic acids is 1. The molecule has 0 aromatic rings. The van der Waals surface area contributed by atoms with E-state index in [0.29, 0.717) is 13.0 Å². The SMILES string of the molecule is CCCCCCCCCCCOC(=O)C=C(CCCC)C(=O)O. The highest BCUT2D eigenvalue weighted by Gasteiger charge is 2.10. The molecule has 0 heterocycles. The zero-order valence-electron chi connectivity index (χ0n) is 14.9. The van der Waals surface area contributed by atoms with E-state index in [4.69, 9.17) is 9.84 Å². The predicted octanol–water partition coefficient (Wildman–Crippen LogP) is 5.26. The minimum atomic E-state index is -1.03. The zero-order valence-corrected chi connectivity index (χ0v) is 14.9. The van der Waals surface area contributed by atoms with Gasteiger partial charge in [-0.1, -0.05) is 71.6 Å². The van der Waals surface area contributed by atoms with E-state index in [0.717, 1.165) is 31.8 Å². The van der Waals surface area contributed by atoms with Gasteiger partial charge < -0.3 is 9.84 Å². The molecule has 0 atom stereocenters. The standard InChI is InChI=1S/C19H34O4/c1-3-5-7-8-9-10-11-12-13-15-23-18(20)16-17(19(21)22)14-6-4-2/h16H,3-15H2,1-2H3,(H,21,22). The topological polar surface area (TPSA) is 63.6 Å². The molecule has 0 saturated carbocycles. The number of unbranched alkanes of at least 4 members (excludes halogenated alkanes) is 9. The molecule has 0 rings (SSSR count). The molecule has 0 bridgehead atoms. The molecule has 0 radical (unpaired) electrons. The largest absolute Gasteiger partial charge is 0.478 e. The van der Waals surface area contributed by atoms with Gasteiger partial charge in [0.2, 0.25) is 0 Å². The summed E-state index contributed by atoms with van der Waals surface area (Å²) in [6, 6.07) is 0. The lowest BCUT2D eigenvalue weighted by Gasteiger charge is -2.04. The number of carboxylic acids is 1. The Bertz CT molecular complexity index is 347. The van der Waals surface area contributed by atoms with E-state index >= 15 is 0 Å². The molecule has 0 aliphatic carbocycles. The van der Waals surface area contributed by atoms with Gasteiger partial charge in [-0.05, 0) is 19.3 Å². The second-order valence-electron chi connectivity index (χ2n) is 6.07. The van der Waals surface area contributed by atoms with Crippen LogP contribution >= 0.6 is 0 Å². The summed E-state index contributed by atoms with van der Waals surface area (Å²) in [7, 11) is 0. The molecular weight excluding hydrogens is 292 g/mol. The molecule has 23 heavy (non-hydrogen) atoms. The summed E-state index contributed by atoms with van der Waals surface area (Å²) in [5, 5.41) is 9.02. The molecule has 0 aromatic carbocycles. The summed E-state index contributed by atoms with van der Waals surface area (Å²) in [5.74, 6) is -1.56. The Balaban J connectivity index is 3.67. The van der Waals surface area contributed by atoms with Gasteiger partial charge in [-0.15, -0.1) is 0 Å². The van der Waals surface area contributed by atoms with Crippen LogP contribution in [-0.4, -0.2) is 23.7 Å². The number of rotatable bonds is 15. The monoisotopic (exact) mass is 326 g/mol. The predicted molar refractivity (Wildman–Crippen MR) is 93.4 cm³/mol. The van der Waals surface area contributed by atoms with Crippen LogP contribution in [0, 0.1) is 0 Å². The smallest absolute Gasteiger partial charge is 0.331 e. The Hall–Kier alpha value is -1.32. The maximum absolute atomic E-state index is 11.6. The van der Waals surface area contributed by atoms with Crippen molar-refractivity contribution < 1.29 is 19.4 Å². The molecule has 1 N–H and O–H groups in total. The van der Waals surface area contributed by atoms with Crippen LogP contribution in [0.3, 0.4) is 0 Å². The zero-order chi connectivity index (χ0) is 17.3. The van der Waals surface area contributed by atoms with Crippen molar-refractivity contribution in [2.45, 2.75) is 90.9 Å². The van der Waals surface area contributed by atoms with Crippen molar-refractivity contribution in [1.29, 1.82) is 0 Å². The highest BCUT2D eigenvalue weighted by atomic mass is 16.5. The Morgan fingerprint density at radius 3 is 1.87 bits per heavy atom. The fourth-order valence-electron chi connectivity index (χ4n) is 2.38. The number of esters is 1. The minimum absolute atomic E-state index is 0.143. The highest BCUT2D eigenvalue weighted by molar-refractivity contribution is 5.95. The van der Waals surface area contributed by atoms with Crippen LogP contribution < -0.4 is 0 Å². The molecule has 0 amide bonds. The molecule has 4 nitrogen and oxygen atoms in total. The van der Waals surface area contributed by atoms with Crippen LogP contribution in [0.4, 0.5) is 0 Å². The van der Waals surface area contributed by atoms with Crippen LogP contribution in [0.25, 0.3) is 0 Å². The summed E-state index contributed by atoms with van der Waals surface area (Å²) >= 11 is 0. The molecule has 0 aliphatic rings. The Morgan fingerprint density at radius 2 is 1.35 bits per heavy atom. The Morgan fingerprint density at radius 1 is 0.826 bits per heavy atom. The number of carboxylic acid groups (broad SMARTS) is 1. The second-order valence-corrected chi connectivity index (χ2v) is 6.07. The lowest BCUT2D eigenvalue weighted by atomic mass is 10.1. The maximum Gasteiger partial charge on any atom is 0.331 e. The van der Waals surface area contributed by atoms with Gasteiger partial charge in [0.05, 0.1) is 6.61 Å². The molecule has 0 fully saturated rings. The molecule has 0 unspecified atom stereocenters. The average molecular weight is 326 g/mol. The summed E-state index contributed by atoms with van der Waals surface area (Å²) < 4.78 is 5.08. The van der Waals surface area contributed by atoms with Crippen LogP contribution in [0.2, 0.25) is 0 Å². The van der Waals surface area contributed by atoms with E-state index in [1.165, 1.54) is 44.9 Å². The van der Waals surface area contributed by atoms with Gasteiger partial charge in [0.25, 0.3) is 0 Å². The third-order valence-electron chi connectivity index (χ3n) is 3.86. The van der Waals surface area contributed by atoms with Crippen molar-refractivity contribution in [3.8, 4) is 0 Å². The van der Waals surface area contributed by atoms with Crippen LogP contribution in [0.5, 0.6) is 0 Å². The second kappa shape index (κ2) is 15.6. The van der Waals surface area contributed by atoms with E-state index in [-0.39, 0.29) is 5.57 Å². The fraction of sp³-hybridized carbons (Fsp3) is 0.789. The molecule has 0 saturated heterocycles. The van der Waals surface area contributed by atoms with Crippen molar-refractivity contribution in [3.63, 3.8) is 0 Å². The first kappa shape index (κ1) is 21.7. The number of hydrogen-bond donors (Lipinski definition) is 1. The Labute approximate surface area is 141 Å². The molecule has 0 spiro atoms. The molecule has 0 aromatic heterocycles. The fourth-order valence-corrected chi connectivity index (χ4v) is 2.38. The van der Waals surface area contributed by atoms with Gasteiger partial charge in [0.1, 0.15) is 0 Å². The third kappa shape index (κ3) is 14.0. The van der Waals surface area contributed by atoms with Crippen molar-refractivity contribution in [2.24, 2.45) is 0 Å². The first-order valence-electron chi connectivity index (χ1n) is 9.22. The average Bonchev–Trinajstić information content (AvgIpc) is 2.53. The Kier molecular flexibility index (Phi) is 14.7. The van der Waals surface area contributed by atoms with E-state index < -0.39 is 11.9 Å². The van der Waals surface area contributed by atoms with Crippen molar-refractivity contribution >= 4 is 11.9 Å². The number of ether oxygens (including phenoxy) is 1. The van der Waals surface area contributed by atoms with Gasteiger partial charge in [-0.25, -0.2) is 9.59 Å². The van der Waals surface area contributed by atoms with Gasteiger partial charge in [0.15, 0.2) is 0 Å². The van der Waals surface area contributed by atoms with Gasteiger partial charge in [-0.2, -0.15) is 0 Å². The number of aliphatic carboxylic acids is 1. The summed E-state index contributed by atoms with van der Waals surface area (Å²) in [5.41, 5.74) is 0.143.